The first kappa shape index (κ1) is 14.6. The van der Waals surface area contributed by atoms with Gasteiger partial charge in [-0.1, -0.05) is 13.0 Å². The van der Waals surface area contributed by atoms with Gasteiger partial charge < -0.3 is 9.64 Å². The molecular formula is C15H19N5O2. The van der Waals surface area contributed by atoms with E-state index in [0.29, 0.717) is 25.3 Å². The molecule has 1 amide bonds. The zero-order valence-electron chi connectivity index (χ0n) is 12.8. The van der Waals surface area contributed by atoms with Crippen LogP contribution in [0.1, 0.15) is 30.6 Å². The Morgan fingerprint density at radius 3 is 3.05 bits per heavy atom. The Morgan fingerprint density at radius 1 is 1.45 bits per heavy atom. The number of tetrazole rings is 1. The van der Waals surface area contributed by atoms with Gasteiger partial charge in [0.15, 0.2) is 0 Å². The molecule has 3 rings (SSSR count). The van der Waals surface area contributed by atoms with Crippen LogP contribution in [0.15, 0.2) is 30.6 Å². The highest BCUT2D eigenvalue weighted by Gasteiger charge is 2.37. The summed E-state index contributed by atoms with van der Waals surface area (Å²) in [6.07, 6.45) is 2.36. The third-order valence-corrected chi connectivity index (χ3v) is 4.24. The predicted molar refractivity (Wildman–Crippen MR) is 79.7 cm³/mol. The summed E-state index contributed by atoms with van der Waals surface area (Å²) in [5.74, 6) is 0.0163. The Bertz CT molecular complexity index is 658. The summed E-state index contributed by atoms with van der Waals surface area (Å²) in [6.45, 7) is 5.90. The van der Waals surface area contributed by atoms with Crippen molar-refractivity contribution in [2.45, 2.75) is 25.8 Å². The number of benzene rings is 1. The van der Waals surface area contributed by atoms with Crippen molar-refractivity contribution in [1.29, 1.82) is 0 Å². The van der Waals surface area contributed by atoms with Crippen LogP contribution in [0.4, 0.5) is 0 Å². The maximum absolute atomic E-state index is 12.9. The Morgan fingerprint density at radius 2 is 2.32 bits per heavy atom. The summed E-state index contributed by atoms with van der Waals surface area (Å²) in [5, 5.41) is 11.1. The molecule has 0 radical (unpaired) electrons. The normalized spacial score (nSPS) is 21.8. The molecule has 7 heteroatoms. The molecule has 22 heavy (non-hydrogen) atoms. The van der Waals surface area contributed by atoms with Gasteiger partial charge in [0, 0.05) is 12.1 Å². The van der Waals surface area contributed by atoms with E-state index in [4.69, 9.17) is 4.74 Å². The predicted octanol–water partition coefficient (Wildman–Crippen LogP) is 1.30. The Balaban J connectivity index is 1.90. The topological polar surface area (TPSA) is 73.1 Å². The smallest absolute Gasteiger partial charge is 0.254 e. The molecule has 1 aliphatic heterocycles. The van der Waals surface area contributed by atoms with Crippen LogP contribution in [0, 0.1) is 0 Å². The van der Waals surface area contributed by atoms with Gasteiger partial charge >= 0.3 is 0 Å². The molecule has 0 saturated carbocycles. The molecular weight excluding hydrogens is 282 g/mol. The number of carbonyl (C=O) groups is 1. The van der Waals surface area contributed by atoms with Crippen LogP contribution < -0.4 is 0 Å². The lowest BCUT2D eigenvalue weighted by atomic mass is 9.95. The average Bonchev–Trinajstić information content (AvgIpc) is 3.09. The molecule has 1 aliphatic rings. The minimum absolute atomic E-state index is 0.0163. The summed E-state index contributed by atoms with van der Waals surface area (Å²) in [4.78, 5) is 14.8. The zero-order valence-corrected chi connectivity index (χ0v) is 12.8. The molecule has 0 N–H and O–H groups in total. The van der Waals surface area contributed by atoms with E-state index in [1.54, 1.807) is 0 Å². The summed E-state index contributed by atoms with van der Waals surface area (Å²) < 4.78 is 7.09. The monoisotopic (exact) mass is 301 g/mol. The van der Waals surface area contributed by atoms with Gasteiger partial charge in [-0.3, -0.25) is 4.79 Å². The second-order valence-corrected chi connectivity index (χ2v) is 5.66. The lowest BCUT2D eigenvalue weighted by Gasteiger charge is -2.44. The molecule has 0 bridgehead atoms. The highest BCUT2D eigenvalue weighted by molar-refractivity contribution is 5.95. The fraction of sp³-hybridized carbons (Fsp3) is 0.467. The summed E-state index contributed by atoms with van der Waals surface area (Å²) >= 11 is 0. The van der Waals surface area contributed by atoms with Gasteiger partial charge in [0.05, 0.1) is 24.4 Å². The van der Waals surface area contributed by atoms with Gasteiger partial charge in [0.2, 0.25) is 0 Å². The number of carbonyl (C=O) groups excluding carboxylic acids is 1. The first-order chi connectivity index (χ1) is 10.6. The van der Waals surface area contributed by atoms with Crippen LogP contribution in [0.5, 0.6) is 0 Å². The molecule has 0 aliphatic carbocycles. The van der Waals surface area contributed by atoms with Crippen molar-refractivity contribution in [3.8, 4) is 5.69 Å². The Hall–Kier alpha value is -2.28. The van der Waals surface area contributed by atoms with E-state index in [2.05, 4.69) is 29.4 Å². The molecule has 2 heterocycles. The first-order valence-electron chi connectivity index (χ1n) is 7.37. The van der Waals surface area contributed by atoms with Crippen LogP contribution in [0.25, 0.3) is 5.69 Å². The van der Waals surface area contributed by atoms with Crippen molar-refractivity contribution in [3.05, 3.63) is 36.2 Å². The van der Waals surface area contributed by atoms with Gasteiger partial charge in [0.1, 0.15) is 6.33 Å². The van der Waals surface area contributed by atoms with Crippen LogP contribution in [-0.2, 0) is 4.74 Å². The molecule has 1 saturated heterocycles. The van der Waals surface area contributed by atoms with E-state index >= 15 is 0 Å². The second kappa shape index (κ2) is 5.84. The number of nitrogens with zero attached hydrogens (tertiary/aromatic N) is 5. The maximum Gasteiger partial charge on any atom is 0.254 e. The third kappa shape index (κ3) is 2.59. The van der Waals surface area contributed by atoms with Crippen molar-refractivity contribution >= 4 is 5.91 Å². The van der Waals surface area contributed by atoms with Crippen LogP contribution in [0.3, 0.4) is 0 Å². The largest absolute Gasteiger partial charge is 0.377 e. The molecule has 1 fully saturated rings. The molecule has 2 aromatic rings. The zero-order chi connectivity index (χ0) is 15.6. The minimum Gasteiger partial charge on any atom is -0.377 e. The number of morpholine rings is 1. The maximum atomic E-state index is 12.9. The van der Waals surface area contributed by atoms with Crippen molar-refractivity contribution in [2.24, 2.45) is 0 Å². The Labute approximate surface area is 128 Å². The van der Waals surface area contributed by atoms with Gasteiger partial charge in [-0.25, -0.2) is 4.68 Å². The second-order valence-electron chi connectivity index (χ2n) is 5.66. The number of aromatic nitrogens is 4. The quantitative estimate of drug-likeness (QED) is 0.854. The number of amides is 1. The van der Waals surface area contributed by atoms with Crippen LogP contribution >= 0.6 is 0 Å². The molecule has 0 spiro atoms. The number of rotatable bonds is 3. The Kier molecular flexibility index (Phi) is 3.89. The minimum atomic E-state index is -0.264. The fourth-order valence-corrected chi connectivity index (χ4v) is 2.65. The first-order valence-corrected chi connectivity index (χ1v) is 7.37. The molecule has 1 unspecified atom stereocenters. The average molecular weight is 301 g/mol. The molecule has 1 aromatic heterocycles. The standard InChI is InChI=1S/C15H19N5O2/c1-3-15(2)10-22-8-7-19(15)14(21)12-5-4-6-13(9-12)20-11-16-17-18-20/h4-6,9,11H,3,7-8,10H2,1-2H3. The number of hydrogen-bond acceptors (Lipinski definition) is 5. The van der Waals surface area contributed by atoms with Crippen LogP contribution in [0.2, 0.25) is 0 Å². The van der Waals surface area contributed by atoms with Gasteiger partial charge in [-0.2, -0.15) is 0 Å². The van der Waals surface area contributed by atoms with E-state index in [0.717, 1.165) is 12.1 Å². The third-order valence-electron chi connectivity index (χ3n) is 4.24. The van der Waals surface area contributed by atoms with Crippen molar-refractivity contribution < 1.29 is 9.53 Å². The number of ether oxygens (including phenoxy) is 1. The van der Waals surface area contributed by atoms with E-state index in [1.165, 1.54) is 11.0 Å². The molecule has 1 atom stereocenters. The van der Waals surface area contributed by atoms with Gasteiger partial charge in [-0.05, 0) is 42.0 Å². The lowest BCUT2D eigenvalue weighted by molar-refractivity contribution is -0.0465. The van der Waals surface area contributed by atoms with Crippen molar-refractivity contribution in [3.63, 3.8) is 0 Å². The fourth-order valence-electron chi connectivity index (χ4n) is 2.65. The van der Waals surface area contributed by atoms with E-state index in [-0.39, 0.29) is 11.4 Å². The lowest BCUT2D eigenvalue weighted by Crippen LogP contribution is -2.57. The van der Waals surface area contributed by atoms with E-state index in [1.807, 2.05) is 29.2 Å². The van der Waals surface area contributed by atoms with E-state index in [9.17, 15) is 4.79 Å². The van der Waals surface area contributed by atoms with Crippen molar-refractivity contribution in [2.75, 3.05) is 19.8 Å². The molecule has 7 nitrogen and oxygen atoms in total. The van der Waals surface area contributed by atoms with Gasteiger partial charge in [-0.15, -0.1) is 5.10 Å². The SMILES string of the molecule is CCC1(C)COCCN1C(=O)c1cccc(-n2cnnn2)c1. The summed E-state index contributed by atoms with van der Waals surface area (Å²) in [6, 6.07) is 7.34. The summed E-state index contributed by atoms with van der Waals surface area (Å²) in [5.41, 5.74) is 1.14. The van der Waals surface area contributed by atoms with Crippen LogP contribution in [-0.4, -0.2) is 56.3 Å². The highest BCUT2D eigenvalue weighted by atomic mass is 16.5. The highest BCUT2D eigenvalue weighted by Crippen LogP contribution is 2.25. The summed E-state index contributed by atoms with van der Waals surface area (Å²) in [7, 11) is 0. The van der Waals surface area contributed by atoms with E-state index < -0.39 is 0 Å². The molecule has 116 valence electrons. The van der Waals surface area contributed by atoms with Gasteiger partial charge in [0.25, 0.3) is 5.91 Å². The number of hydrogen-bond donors (Lipinski definition) is 0. The van der Waals surface area contributed by atoms with Crippen molar-refractivity contribution in [1.82, 2.24) is 25.1 Å². The molecule has 1 aromatic carbocycles.